The van der Waals surface area contributed by atoms with Crippen LogP contribution in [0.3, 0.4) is 0 Å². The third kappa shape index (κ3) is 2.84. The van der Waals surface area contributed by atoms with Crippen LogP contribution in [0.2, 0.25) is 0 Å². The van der Waals surface area contributed by atoms with Gasteiger partial charge in [-0.3, -0.25) is 0 Å². The van der Waals surface area contributed by atoms with Crippen LogP contribution in [-0.2, 0) is 0 Å². The van der Waals surface area contributed by atoms with Gasteiger partial charge in [0.05, 0.1) is 11.2 Å². The van der Waals surface area contributed by atoms with Crippen LogP contribution in [0.5, 0.6) is 0 Å². The summed E-state index contributed by atoms with van der Waals surface area (Å²) >= 11 is 0. The molecule has 2 aromatic heterocycles. The van der Waals surface area contributed by atoms with Gasteiger partial charge in [0.25, 0.3) is 0 Å². The normalized spacial score (nSPS) is 14.7. The highest BCUT2D eigenvalue weighted by molar-refractivity contribution is 5.89. The molecule has 0 bridgehead atoms. The second kappa shape index (κ2) is 6.64. The van der Waals surface area contributed by atoms with E-state index in [1.807, 2.05) is 48.5 Å². The van der Waals surface area contributed by atoms with E-state index < -0.39 is 0 Å². The predicted molar refractivity (Wildman–Crippen MR) is 103 cm³/mol. The summed E-state index contributed by atoms with van der Waals surface area (Å²) in [5, 5.41) is 13.4. The molecule has 1 saturated heterocycles. The Morgan fingerprint density at radius 1 is 0.741 bits per heavy atom. The van der Waals surface area contributed by atoms with Crippen LogP contribution in [0.4, 0.5) is 11.8 Å². The summed E-state index contributed by atoms with van der Waals surface area (Å²) in [5.41, 5.74) is 1.93. The highest BCUT2D eigenvalue weighted by atomic mass is 15.6. The molecular weight excluding hydrogens is 340 g/mol. The molecule has 1 aliphatic heterocycles. The fraction of sp³-hybridized carbons (Fsp3) is 0.211. The fourth-order valence-electron chi connectivity index (χ4n) is 3.48. The Morgan fingerprint density at radius 2 is 1.48 bits per heavy atom. The van der Waals surface area contributed by atoms with Crippen LogP contribution in [0, 0.1) is 0 Å². The highest BCUT2D eigenvalue weighted by Crippen LogP contribution is 2.25. The van der Waals surface area contributed by atoms with E-state index in [1.165, 1.54) is 0 Å². The molecule has 27 heavy (non-hydrogen) atoms. The van der Waals surface area contributed by atoms with Gasteiger partial charge in [-0.25, -0.2) is 9.97 Å². The number of hydrogen-bond acceptors (Lipinski definition) is 7. The summed E-state index contributed by atoms with van der Waals surface area (Å²) in [6, 6.07) is 18.1. The van der Waals surface area contributed by atoms with Crippen molar-refractivity contribution in [3.8, 4) is 5.69 Å². The zero-order chi connectivity index (χ0) is 18.1. The molecule has 3 heterocycles. The first-order chi connectivity index (χ1) is 13.4. The van der Waals surface area contributed by atoms with Gasteiger partial charge in [0.2, 0.25) is 5.95 Å². The van der Waals surface area contributed by atoms with Crippen LogP contribution in [0.15, 0.2) is 60.9 Å². The van der Waals surface area contributed by atoms with Crippen LogP contribution in [0.1, 0.15) is 0 Å². The number of anilines is 2. The van der Waals surface area contributed by atoms with E-state index in [4.69, 9.17) is 0 Å². The average molecular weight is 358 g/mol. The molecule has 0 spiro atoms. The Bertz CT molecular complexity index is 1050. The lowest BCUT2D eigenvalue weighted by Gasteiger charge is -2.35. The first kappa shape index (κ1) is 15.7. The Labute approximate surface area is 156 Å². The third-order valence-corrected chi connectivity index (χ3v) is 4.84. The van der Waals surface area contributed by atoms with E-state index in [0.717, 1.165) is 54.5 Å². The van der Waals surface area contributed by atoms with Gasteiger partial charge in [0.1, 0.15) is 12.1 Å². The molecule has 1 aliphatic rings. The summed E-state index contributed by atoms with van der Waals surface area (Å²) in [7, 11) is 0. The van der Waals surface area contributed by atoms with Crippen molar-refractivity contribution in [1.29, 1.82) is 0 Å². The molecule has 1 fully saturated rings. The molecular formula is C19H18N8. The second-order valence-corrected chi connectivity index (χ2v) is 6.41. The van der Waals surface area contributed by atoms with Gasteiger partial charge in [-0.05, 0) is 34.7 Å². The summed E-state index contributed by atoms with van der Waals surface area (Å²) in [6.45, 7) is 3.35. The first-order valence-electron chi connectivity index (χ1n) is 8.93. The number of nitrogens with zero attached hydrogens (tertiary/aromatic N) is 8. The summed E-state index contributed by atoms with van der Waals surface area (Å²) in [5.74, 6) is 1.76. The molecule has 8 nitrogen and oxygen atoms in total. The highest BCUT2D eigenvalue weighted by Gasteiger charge is 2.24. The quantitative estimate of drug-likeness (QED) is 0.554. The summed E-state index contributed by atoms with van der Waals surface area (Å²) in [6.07, 6.45) is 1.64. The number of fused-ring (bicyclic) bond motifs is 1. The first-order valence-corrected chi connectivity index (χ1v) is 8.93. The van der Waals surface area contributed by atoms with Crippen LogP contribution in [-0.4, -0.2) is 56.4 Å². The third-order valence-electron chi connectivity index (χ3n) is 4.84. The minimum atomic E-state index is 0.772. The van der Waals surface area contributed by atoms with Crippen LogP contribution < -0.4 is 9.80 Å². The van der Waals surface area contributed by atoms with Crippen molar-refractivity contribution in [1.82, 2.24) is 30.2 Å². The number of tetrazole rings is 1. The van der Waals surface area contributed by atoms with Gasteiger partial charge in [-0.2, -0.15) is 4.68 Å². The molecule has 134 valence electrons. The van der Waals surface area contributed by atoms with E-state index in [-0.39, 0.29) is 0 Å². The molecule has 5 rings (SSSR count). The molecule has 0 N–H and O–H groups in total. The Hall–Kier alpha value is -3.55. The van der Waals surface area contributed by atoms with E-state index in [1.54, 1.807) is 11.0 Å². The fourth-order valence-corrected chi connectivity index (χ4v) is 3.48. The molecule has 8 heteroatoms. The number of rotatable bonds is 3. The molecule has 0 aliphatic carbocycles. The predicted octanol–water partition coefficient (Wildman–Crippen LogP) is 1.93. The van der Waals surface area contributed by atoms with E-state index in [9.17, 15) is 0 Å². The smallest absolute Gasteiger partial charge is 0.250 e. The number of piperazine rings is 1. The SMILES string of the molecule is c1ccc(-n2nnnc2N2CCN(c3ncnc4ccccc34)CC2)cc1. The van der Waals surface area contributed by atoms with Gasteiger partial charge in [0, 0.05) is 31.6 Å². The Morgan fingerprint density at radius 3 is 2.33 bits per heavy atom. The van der Waals surface area contributed by atoms with E-state index in [2.05, 4.69) is 41.4 Å². The molecule has 0 saturated carbocycles. The maximum atomic E-state index is 4.53. The lowest BCUT2D eigenvalue weighted by atomic mass is 10.2. The van der Waals surface area contributed by atoms with Gasteiger partial charge in [0.15, 0.2) is 0 Å². The molecule has 0 atom stereocenters. The summed E-state index contributed by atoms with van der Waals surface area (Å²) < 4.78 is 1.79. The Kier molecular flexibility index (Phi) is 3.86. The van der Waals surface area contributed by atoms with E-state index >= 15 is 0 Å². The monoisotopic (exact) mass is 358 g/mol. The number of hydrogen-bond donors (Lipinski definition) is 0. The van der Waals surface area contributed by atoms with Gasteiger partial charge < -0.3 is 9.80 Å². The lowest BCUT2D eigenvalue weighted by Crippen LogP contribution is -2.47. The molecule has 0 radical (unpaired) electrons. The maximum Gasteiger partial charge on any atom is 0.250 e. The zero-order valence-corrected chi connectivity index (χ0v) is 14.7. The minimum absolute atomic E-state index is 0.772. The number of benzene rings is 2. The molecule has 0 amide bonds. The van der Waals surface area contributed by atoms with E-state index in [0.29, 0.717) is 0 Å². The van der Waals surface area contributed by atoms with Crippen molar-refractivity contribution in [2.45, 2.75) is 0 Å². The van der Waals surface area contributed by atoms with Gasteiger partial charge in [-0.1, -0.05) is 35.4 Å². The van der Waals surface area contributed by atoms with Crippen molar-refractivity contribution in [3.63, 3.8) is 0 Å². The Balaban J connectivity index is 1.38. The van der Waals surface area contributed by atoms with Crippen LogP contribution >= 0.6 is 0 Å². The van der Waals surface area contributed by atoms with Crippen molar-refractivity contribution >= 4 is 22.7 Å². The van der Waals surface area contributed by atoms with Crippen LogP contribution in [0.25, 0.3) is 16.6 Å². The largest absolute Gasteiger partial charge is 0.352 e. The average Bonchev–Trinajstić information content (AvgIpc) is 3.24. The van der Waals surface area contributed by atoms with Crippen molar-refractivity contribution in [2.24, 2.45) is 0 Å². The molecule has 0 unspecified atom stereocenters. The van der Waals surface area contributed by atoms with Crippen molar-refractivity contribution in [2.75, 3.05) is 36.0 Å². The van der Waals surface area contributed by atoms with Gasteiger partial charge in [-0.15, -0.1) is 0 Å². The molecule has 2 aromatic carbocycles. The summed E-state index contributed by atoms with van der Waals surface area (Å²) in [4.78, 5) is 13.4. The topological polar surface area (TPSA) is 75.9 Å². The maximum absolute atomic E-state index is 4.53. The van der Waals surface area contributed by atoms with Crippen molar-refractivity contribution in [3.05, 3.63) is 60.9 Å². The standard InChI is InChI=1S/C19H18N8/c1-2-6-15(7-3-1)27-19(22-23-24-27)26-12-10-25(11-13-26)18-16-8-4-5-9-17(16)20-14-21-18/h1-9,14H,10-13H2. The number of para-hydroxylation sites is 2. The minimum Gasteiger partial charge on any atom is -0.352 e. The second-order valence-electron chi connectivity index (χ2n) is 6.41. The van der Waals surface area contributed by atoms with Gasteiger partial charge >= 0.3 is 0 Å². The lowest BCUT2D eigenvalue weighted by molar-refractivity contribution is 0.628. The molecule has 4 aromatic rings. The number of aromatic nitrogens is 6. The zero-order valence-electron chi connectivity index (χ0n) is 14.7. The van der Waals surface area contributed by atoms with Crippen molar-refractivity contribution < 1.29 is 0 Å².